The number of Topliss-reactive ketones (excluding diaryl/α,β-unsaturated/α-hetero) is 1. The molecule has 1 amide bonds. The first kappa shape index (κ1) is 22.6. The van der Waals surface area contributed by atoms with Crippen molar-refractivity contribution in [3.05, 3.63) is 18.2 Å². The predicted octanol–water partition coefficient (Wildman–Crippen LogP) is 0.854. The Kier molecular flexibility index (Phi) is 7.92. The number of hydrogen-bond donors (Lipinski definition) is 1. The lowest BCUT2D eigenvalue weighted by Gasteiger charge is -2.20. The van der Waals surface area contributed by atoms with Crippen LogP contribution in [0.25, 0.3) is 0 Å². The van der Waals surface area contributed by atoms with Crippen molar-refractivity contribution in [1.29, 1.82) is 0 Å². The summed E-state index contributed by atoms with van der Waals surface area (Å²) >= 11 is 0. The Morgan fingerprint density at radius 3 is 2.22 bits per heavy atom. The smallest absolute Gasteiger partial charge is 0.306 e. The van der Waals surface area contributed by atoms with Crippen molar-refractivity contribution in [2.75, 3.05) is 45.0 Å². The van der Waals surface area contributed by atoms with E-state index in [0.29, 0.717) is 5.69 Å². The monoisotopic (exact) mass is 399 g/mol. The average Bonchev–Trinajstić information content (AvgIpc) is 2.57. The van der Waals surface area contributed by atoms with E-state index in [2.05, 4.69) is 5.32 Å². The maximum absolute atomic E-state index is 12.3. The van der Waals surface area contributed by atoms with Crippen LogP contribution in [0.4, 0.5) is 11.4 Å². The second-order valence-electron chi connectivity index (χ2n) is 6.27. The van der Waals surface area contributed by atoms with E-state index in [9.17, 15) is 22.8 Å². The normalized spacial score (nSPS) is 11.2. The average molecular weight is 399 g/mol. The molecule has 9 nitrogen and oxygen atoms in total. The number of sulfonamides is 1. The van der Waals surface area contributed by atoms with Crippen LogP contribution in [0.1, 0.15) is 19.8 Å². The van der Waals surface area contributed by atoms with Gasteiger partial charge in [0.05, 0.1) is 22.7 Å². The first-order chi connectivity index (χ1) is 12.4. The van der Waals surface area contributed by atoms with Crippen molar-refractivity contribution in [3.63, 3.8) is 0 Å². The Morgan fingerprint density at radius 2 is 1.70 bits per heavy atom. The molecule has 1 aromatic carbocycles. The molecular formula is C17H25N3O6S. The second-order valence-corrected chi connectivity index (χ2v) is 8.42. The number of ether oxygens (including phenoxy) is 1. The molecule has 150 valence electrons. The van der Waals surface area contributed by atoms with Crippen LogP contribution >= 0.6 is 0 Å². The van der Waals surface area contributed by atoms with Gasteiger partial charge in [0.2, 0.25) is 10.0 Å². The molecule has 0 aliphatic heterocycles. The van der Waals surface area contributed by atoms with Gasteiger partial charge in [-0.2, -0.15) is 0 Å². The highest BCUT2D eigenvalue weighted by atomic mass is 32.2. The maximum atomic E-state index is 12.3. The topological polar surface area (TPSA) is 113 Å². The SMILES string of the molecule is CC(=O)CCC(=O)OCC(=O)Nc1cc(S(=O)(=O)N(C)C)ccc1N(C)C. The Morgan fingerprint density at radius 1 is 1.07 bits per heavy atom. The van der Waals surface area contributed by atoms with Gasteiger partial charge in [0.25, 0.3) is 5.91 Å². The van der Waals surface area contributed by atoms with Gasteiger partial charge in [0, 0.05) is 34.6 Å². The molecule has 0 unspecified atom stereocenters. The summed E-state index contributed by atoms with van der Waals surface area (Å²) in [6.07, 6.45) is -0.0439. The maximum Gasteiger partial charge on any atom is 0.306 e. The summed E-state index contributed by atoms with van der Waals surface area (Å²) in [6, 6.07) is 4.37. The lowest BCUT2D eigenvalue weighted by molar-refractivity contribution is -0.148. The van der Waals surface area contributed by atoms with Crippen molar-refractivity contribution in [3.8, 4) is 0 Å². The summed E-state index contributed by atoms with van der Waals surface area (Å²) in [5, 5.41) is 2.56. The summed E-state index contributed by atoms with van der Waals surface area (Å²) in [5.74, 6) is -1.42. The van der Waals surface area contributed by atoms with Gasteiger partial charge in [-0.25, -0.2) is 12.7 Å². The third-order valence-corrected chi connectivity index (χ3v) is 5.36. The Bertz CT molecular complexity index is 818. The number of anilines is 2. The van der Waals surface area contributed by atoms with Crippen LogP contribution < -0.4 is 10.2 Å². The van der Waals surface area contributed by atoms with E-state index in [1.54, 1.807) is 25.1 Å². The van der Waals surface area contributed by atoms with Crippen LogP contribution in [0.2, 0.25) is 0 Å². The van der Waals surface area contributed by atoms with Crippen LogP contribution in [0.5, 0.6) is 0 Å². The van der Waals surface area contributed by atoms with Crippen LogP contribution in [0.15, 0.2) is 23.1 Å². The Labute approximate surface area is 159 Å². The fraction of sp³-hybridized carbons (Fsp3) is 0.471. The van der Waals surface area contributed by atoms with Gasteiger partial charge in [-0.1, -0.05) is 0 Å². The van der Waals surface area contributed by atoms with E-state index < -0.39 is 28.5 Å². The van der Waals surface area contributed by atoms with Crippen LogP contribution in [-0.2, 0) is 29.1 Å². The first-order valence-electron chi connectivity index (χ1n) is 8.14. The molecule has 0 fully saturated rings. The Balaban J connectivity index is 2.92. The number of ketones is 1. The number of hydrogen-bond acceptors (Lipinski definition) is 7. The van der Waals surface area contributed by atoms with Crippen molar-refractivity contribution in [2.45, 2.75) is 24.7 Å². The molecule has 0 saturated carbocycles. The fourth-order valence-electron chi connectivity index (χ4n) is 2.06. The number of nitrogens with one attached hydrogen (secondary N) is 1. The molecule has 0 radical (unpaired) electrons. The molecule has 0 atom stereocenters. The quantitative estimate of drug-likeness (QED) is 0.613. The van der Waals surface area contributed by atoms with E-state index >= 15 is 0 Å². The second kappa shape index (κ2) is 9.47. The molecule has 0 bridgehead atoms. The number of nitrogens with zero attached hydrogens (tertiary/aromatic N) is 2. The van der Waals surface area contributed by atoms with Gasteiger partial charge in [0.1, 0.15) is 5.78 Å². The fourth-order valence-corrected chi connectivity index (χ4v) is 2.99. The molecular weight excluding hydrogens is 374 g/mol. The number of amides is 1. The largest absolute Gasteiger partial charge is 0.456 e. The third-order valence-electron chi connectivity index (χ3n) is 3.55. The molecule has 0 heterocycles. The standard InChI is InChI=1S/C17H25N3O6S/c1-12(21)6-9-17(23)26-11-16(22)18-14-10-13(27(24,25)20(4)5)7-8-15(14)19(2)3/h7-8,10H,6,9,11H2,1-5H3,(H,18,22). The van der Waals surface area contributed by atoms with Gasteiger partial charge < -0.3 is 19.7 Å². The van der Waals surface area contributed by atoms with E-state index in [0.717, 1.165) is 4.31 Å². The summed E-state index contributed by atoms with van der Waals surface area (Å²) < 4.78 is 30.5. The number of rotatable bonds is 9. The van der Waals surface area contributed by atoms with E-state index in [-0.39, 0.29) is 29.2 Å². The zero-order valence-electron chi connectivity index (χ0n) is 16.1. The number of esters is 1. The highest BCUT2D eigenvalue weighted by molar-refractivity contribution is 7.89. The number of carbonyl (C=O) groups excluding carboxylic acids is 3. The molecule has 0 aliphatic rings. The number of benzene rings is 1. The molecule has 0 aliphatic carbocycles. The van der Waals surface area contributed by atoms with Crippen molar-refractivity contribution in [2.24, 2.45) is 0 Å². The van der Waals surface area contributed by atoms with Gasteiger partial charge in [-0.3, -0.25) is 9.59 Å². The van der Waals surface area contributed by atoms with Gasteiger partial charge >= 0.3 is 5.97 Å². The molecule has 1 N–H and O–H groups in total. The molecule has 1 aromatic rings. The Hall–Kier alpha value is -2.46. The van der Waals surface area contributed by atoms with E-state index in [1.807, 2.05) is 0 Å². The highest BCUT2D eigenvalue weighted by Crippen LogP contribution is 2.28. The van der Waals surface area contributed by atoms with Crippen molar-refractivity contribution in [1.82, 2.24) is 4.31 Å². The minimum atomic E-state index is -3.67. The van der Waals surface area contributed by atoms with Gasteiger partial charge in [-0.15, -0.1) is 0 Å². The van der Waals surface area contributed by atoms with E-state index in [4.69, 9.17) is 4.74 Å². The molecule has 0 spiro atoms. The van der Waals surface area contributed by atoms with Crippen molar-refractivity contribution >= 4 is 39.1 Å². The van der Waals surface area contributed by atoms with Crippen molar-refractivity contribution < 1.29 is 27.5 Å². The molecule has 0 saturated heterocycles. The third kappa shape index (κ3) is 6.65. The van der Waals surface area contributed by atoms with Crippen LogP contribution in [-0.4, -0.2) is 65.2 Å². The molecule has 27 heavy (non-hydrogen) atoms. The summed E-state index contributed by atoms with van der Waals surface area (Å²) in [5.41, 5.74) is 0.858. The summed E-state index contributed by atoms with van der Waals surface area (Å²) in [7, 11) is 2.63. The summed E-state index contributed by atoms with van der Waals surface area (Å²) in [4.78, 5) is 36.2. The predicted molar refractivity (Wildman–Crippen MR) is 101 cm³/mol. The molecule has 0 aromatic heterocycles. The van der Waals surface area contributed by atoms with Gasteiger partial charge in [0.15, 0.2) is 6.61 Å². The highest BCUT2D eigenvalue weighted by Gasteiger charge is 2.20. The van der Waals surface area contributed by atoms with Crippen LogP contribution in [0.3, 0.4) is 0 Å². The minimum Gasteiger partial charge on any atom is -0.456 e. The summed E-state index contributed by atoms with van der Waals surface area (Å²) in [6.45, 7) is 0.825. The van der Waals surface area contributed by atoms with E-state index in [1.165, 1.54) is 33.2 Å². The molecule has 1 rings (SSSR count). The molecule has 10 heteroatoms. The number of carbonyl (C=O) groups is 3. The first-order valence-corrected chi connectivity index (χ1v) is 9.58. The lowest BCUT2D eigenvalue weighted by Crippen LogP contribution is -2.24. The zero-order valence-corrected chi connectivity index (χ0v) is 16.9. The lowest BCUT2D eigenvalue weighted by atomic mass is 10.2. The van der Waals surface area contributed by atoms with Gasteiger partial charge in [-0.05, 0) is 25.1 Å². The minimum absolute atomic E-state index is 0.0202. The van der Waals surface area contributed by atoms with Crippen LogP contribution in [0, 0.1) is 0 Å². The zero-order chi connectivity index (χ0) is 20.8.